The Hall–Kier alpha value is -1.96. The molecule has 0 bridgehead atoms. The van der Waals surface area contributed by atoms with E-state index in [4.69, 9.17) is 0 Å². The number of aryl methyl sites for hydroxylation is 2. The van der Waals surface area contributed by atoms with Crippen LogP contribution in [0.3, 0.4) is 0 Å². The van der Waals surface area contributed by atoms with E-state index in [1.165, 1.54) is 12.1 Å². The van der Waals surface area contributed by atoms with Crippen molar-refractivity contribution in [1.29, 1.82) is 0 Å². The quantitative estimate of drug-likeness (QED) is 0.742. The molecular formula is C16H15FO. The highest BCUT2D eigenvalue weighted by atomic mass is 19.1. The van der Waals surface area contributed by atoms with Crippen LogP contribution in [0.2, 0.25) is 0 Å². The van der Waals surface area contributed by atoms with Crippen LogP contribution in [0.1, 0.15) is 27.9 Å². The summed E-state index contributed by atoms with van der Waals surface area (Å²) in [4.78, 5) is 12.0. The van der Waals surface area contributed by atoms with Gasteiger partial charge in [-0.05, 0) is 37.1 Å². The number of carbonyl (C=O) groups is 1. The number of halogens is 1. The highest BCUT2D eigenvalue weighted by molar-refractivity contribution is 5.96. The first-order valence-corrected chi connectivity index (χ1v) is 5.99. The summed E-state index contributed by atoms with van der Waals surface area (Å²) in [6.45, 7) is 1.96. The molecule has 0 amide bonds. The van der Waals surface area contributed by atoms with E-state index in [-0.39, 0.29) is 11.6 Å². The second-order valence-electron chi connectivity index (χ2n) is 4.42. The molecule has 2 aromatic rings. The minimum absolute atomic E-state index is 0.1000. The van der Waals surface area contributed by atoms with E-state index >= 15 is 0 Å². The zero-order valence-electron chi connectivity index (χ0n) is 10.3. The van der Waals surface area contributed by atoms with Crippen LogP contribution in [-0.2, 0) is 6.42 Å². The van der Waals surface area contributed by atoms with Crippen molar-refractivity contribution in [1.82, 2.24) is 0 Å². The van der Waals surface area contributed by atoms with Gasteiger partial charge in [-0.25, -0.2) is 4.39 Å². The largest absolute Gasteiger partial charge is 0.294 e. The molecule has 0 aromatic heterocycles. The average molecular weight is 242 g/mol. The van der Waals surface area contributed by atoms with Crippen LogP contribution < -0.4 is 0 Å². The van der Waals surface area contributed by atoms with E-state index in [9.17, 15) is 9.18 Å². The zero-order valence-corrected chi connectivity index (χ0v) is 10.3. The number of Topliss-reactive ketones (excluding diaryl/α,β-unsaturated/α-hetero) is 1. The first kappa shape index (κ1) is 12.5. The maximum Gasteiger partial charge on any atom is 0.163 e. The smallest absolute Gasteiger partial charge is 0.163 e. The molecule has 2 aromatic carbocycles. The van der Waals surface area contributed by atoms with Gasteiger partial charge in [0.05, 0.1) is 0 Å². The van der Waals surface area contributed by atoms with Gasteiger partial charge in [0, 0.05) is 12.0 Å². The van der Waals surface area contributed by atoms with Gasteiger partial charge in [0.1, 0.15) is 5.82 Å². The van der Waals surface area contributed by atoms with Crippen molar-refractivity contribution >= 4 is 5.78 Å². The molecule has 0 aliphatic heterocycles. The van der Waals surface area contributed by atoms with Crippen molar-refractivity contribution in [3.8, 4) is 0 Å². The molecule has 2 rings (SSSR count). The normalized spacial score (nSPS) is 10.3. The van der Waals surface area contributed by atoms with Gasteiger partial charge in [0.2, 0.25) is 0 Å². The Morgan fingerprint density at radius 3 is 2.61 bits per heavy atom. The van der Waals surface area contributed by atoms with Crippen LogP contribution in [-0.4, -0.2) is 5.78 Å². The summed E-state index contributed by atoms with van der Waals surface area (Å²) in [5.74, 6) is -0.154. The lowest BCUT2D eigenvalue weighted by molar-refractivity contribution is 0.0982. The molecular weight excluding hydrogens is 227 g/mol. The average Bonchev–Trinajstić information content (AvgIpc) is 2.36. The Kier molecular flexibility index (Phi) is 3.88. The Bertz CT molecular complexity index is 561. The van der Waals surface area contributed by atoms with Crippen molar-refractivity contribution in [3.05, 3.63) is 71.0 Å². The van der Waals surface area contributed by atoms with Gasteiger partial charge in [0.15, 0.2) is 5.78 Å². The minimum atomic E-state index is -0.254. The van der Waals surface area contributed by atoms with E-state index in [1.54, 1.807) is 6.07 Å². The Labute approximate surface area is 106 Å². The highest BCUT2D eigenvalue weighted by Crippen LogP contribution is 2.11. The number of rotatable bonds is 4. The molecule has 0 spiro atoms. The third-order valence-corrected chi connectivity index (χ3v) is 2.87. The summed E-state index contributed by atoms with van der Waals surface area (Å²) < 4.78 is 13.0. The number of ketones is 1. The third-order valence-electron chi connectivity index (χ3n) is 2.87. The summed E-state index contributed by atoms with van der Waals surface area (Å²) >= 11 is 0. The lowest BCUT2D eigenvalue weighted by atomic mass is 10.0. The topological polar surface area (TPSA) is 17.1 Å². The van der Waals surface area contributed by atoms with Gasteiger partial charge in [-0.3, -0.25) is 4.79 Å². The lowest BCUT2D eigenvalue weighted by Gasteiger charge is -2.03. The fourth-order valence-corrected chi connectivity index (χ4v) is 1.91. The number of benzene rings is 2. The fraction of sp³-hybridized carbons (Fsp3) is 0.188. The summed E-state index contributed by atoms with van der Waals surface area (Å²) in [6.07, 6.45) is 0.984. The lowest BCUT2D eigenvalue weighted by Crippen LogP contribution is -2.01. The van der Waals surface area contributed by atoms with Crippen LogP contribution in [0, 0.1) is 12.7 Å². The summed E-state index contributed by atoms with van der Waals surface area (Å²) in [7, 11) is 0. The molecule has 18 heavy (non-hydrogen) atoms. The molecule has 0 atom stereocenters. The van der Waals surface area contributed by atoms with Crippen molar-refractivity contribution in [3.63, 3.8) is 0 Å². The highest BCUT2D eigenvalue weighted by Gasteiger charge is 2.06. The first-order chi connectivity index (χ1) is 8.65. The molecule has 0 aliphatic carbocycles. The Morgan fingerprint density at radius 1 is 1.11 bits per heavy atom. The first-order valence-electron chi connectivity index (χ1n) is 5.99. The van der Waals surface area contributed by atoms with Gasteiger partial charge >= 0.3 is 0 Å². The number of carbonyl (C=O) groups excluding carboxylic acids is 1. The maximum atomic E-state index is 13.0. The van der Waals surface area contributed by atoms with Crippen molar-refractivity contribution in [2.45, 2.75) is 19.8 Å². The monoisotopic (exact) mass is 242 g/mol. The summed E-state index contributed by atoms with van der Waals surface area (Å²) in [6, 6.07) is 13.9. The van der Waals surface area contributed by atoms with Crippen LogP contribution >= 0.6 is 0 Å². The van der Waals surface area contributed by atoms with E-state index < -0.39 is 0 Å². The SMILES string of the molecule is Cc1cccc(C(=O)CCc2cccc(F)c2)c1. The molecule has 0 saturated carbocycles. The number of hydrogen-bond donors (Lipinski definition) is 0. The van der Waals surface area contributed by atoms with E-state index in [0.717, 1.165) is 16.7 Å². The Morgan fingerprint density at radius 2 is 1.89 bits per heavy atom. The van der Waals surface area contributed by atoms with Gasteiger partial charge < -0.3 is 0 Å². The predicted molar refractivity (Wildman–Crippen MR) is 70.2 cm³/mol. The standard InChI is InChI=1S/C16H15FO/c1-12-4-2-6-14(10-12)16(18)9-8-13-5-3-7-15(17)11-13/h2-7,10-11H,8-9H2,1H3. The summed E-state index contributed by atoms with van der Waals surface area (Å²) in [5.41, 5.74) is 2.66. The zero-order chi connectivity index (χ0) is 13.0. The minimum Gasteiger partial charge on any atom is -0.294 e. The molecule has 0 heterocycles. The predicted octanol–water partition coefficient (Wildman–Crippen LogP) is 3.95. The molecule has 0 aliphatic rings. The summed E-state index contributed by atoms with van der Waals surface area (Å²) in [5, 5.41) is 0. The molecule has 2 heteroatoms. The van der Waals surface area contributed by atoms with Gasteiger partial charge in [-0.2, -0.15) is 0 Å². The van der Waals surface area contributed by atoms with E-state index in [0.29, 0.717) is 12.8 Å². The molecule has 0 radical (unpaired) electrons. The second-order valence-corrected chi connectivity index (χ2v) is 4.42. The second kappa shape index (κ2) is 5.58. The van der Waals surface area contributed by atoms with Crippen molar-refractivity contribution in [2.24, 2.45) is 0 Å². The van der Waals surface area contributed by atoms with Crippen LogP contribution in [0.4, 0.5) is 4.39 Å². The van der Waals surface area contributed by atoms with E-state index in [1.807, 2.05) is 37.3 Å². The van der Waals surface area contributed by atoms with Crippen LogP contribution in [0.25, 0.3) is 0 Å². The Balaban J connectivity index is 2.00. The molecule has 0 unspecified atom stereocenters. The van der Waals surface area contributed by atoms with Crippen molar-refractivity contribution in [2.75, 3.05) is 0 Å². The third kappa shape index (κ3) is 3.27. The molecule has 1 nitrogen and oxygen atoms in total. The van der Waals surface area contributed by atoms with E-state index in [2.05, 4.69) is 0 Å². The van der Waals surface area contributed by atoms with Crippen molar-refractivity contribution < 1.29 is 9.18 Å². The molecule has 92 valence electrons. The fourth-order valence-electron chi connectivity index (χ4n) is 1.91. The van der Waals surface area contributed by atoms with Gasteiger partial charge in [-0.1, -0.05) is 35.9 Å². The number of hydrogen-bond acceptors (Lipinski definition) is 1. The molecule has 0 N–H and O–H groups in total. The molecule has 0 fully saturated rings. The van der Waals surface area contributed by atoms with Crippen LogP contribution in [0.5, 0.6) is 0 Å². The van der Waals surface area contributed by atoms with Crippen LogP contribution in [0.15, 0.2) is 48.5 Å². The maximum absolute atomic E-state index is 13.0. The van der Waals surface area contributed by atoms with Gasteiger partial charge in [0.25, 0.3) is 0 Å². The van der Waals surface area contributed by atoms with Gasteiger partial charge in [-0.15, -0.1) is 0 Å². The molecule has 0 saturated heterocycles.